The van der Waals surface area contributed by atoms with Gasteiger partial charge >= 0.3 is 0 Å². The third-order valence-electron chi connectivity index (χ3n) is 8.58. The summed E-state index contributed by atoms with van der Waals surface area (Å²) in [5.74, 6) is 3.06. The predicted molar refractivity (Wildman–Crippen MR) is 124 cm³/mol. The van der Waals surface area contributed by atoms with E-state index in [2.05, 4.69) is 46.4 Å². The topological polar surface area (TPSA) is 60.7 Å². The van der Waals surface area contributed by atoms with Crippen LogP contribution in [0.25, 0.3) is 0 Å². The summed E-state index contributed by atoms with van der Waals surface area (Å²) in [5.41, 5.74) is 3.36. The first kappa shape index (κ1) is 23.8. The molecule has 7 atom stereocenters. The van der Waals surface area contributed by atoms with E-state index in [-0.39, 0.29) is 0 Å². The van der Waals surface area contributed by atoms with E-state index in [1.165, 1.54) is 50.5 Å². The minimum Gasteiger partial charge on any atom is -0.390 e. The summed E-state index contributed by atoms with van der Waals surface area (Å²) < 4.78 is 0. The van der Waals surface area contributed by atoms with Crippen molar-refractivity contribution in [3.63, 3.8) is 0 Å². The molecule has 0 amide bonds. The third kappa shape index (κ3) is 4.79. The molecule has 3 aliphatic rings. The predicted octanol–water partition coefficient (Wildman–Crippen LogP) is 5.56. The molecular formula is C27H44O3. The van der Waals surface area contributed by atoms with E-state index in [4.69, 9.17) is 0 Å². The Hall–Kier alpha value is -0.900. The Labute approximate surface area is 184 Å². The third-order valence-corrected chi connectivity index (χ3v) is 8.58. The molecule has 0 aromatic heterocycles. The van der Waals surface area contributed by atoms with Crippen molar-refractivity contribution in [1.29, 1.82) is 0 Å². The van der Waals surface area contributed by atoms with Gasteiger partial charge in [0.25, 0.3) is 0 Å². The molecule has 0 aromatic rings. The molecule has 3 rings (SSSR count). The lowest BCUT2D eigenvalue weighted by Crippen LogP contribution is -2.43. The number of hydrogen-bond acceptors (Lipinski definition) is 3. The van der Waals surface area contributed by atoms with Crippen molar-refractivity contribution in [2.75, 3.05) is 0 Å². The Morgan fingerprint density at radius 2 is 1.83 bits per heavy atom. The molecule has 0 aliphatic heterocycles. The Bertz CT molecular complexity index is 676. The molecule has 1 unspecified atom stereocenters. The molecule has 0 radical (unpaired) electrons. The van der Waals surface area contributed by atoms with Crippen LogP contribution in [0.1, 0.15) is 85.5 Å². The van der Waals surface area contributed by atoms with Crippen molar-refractivity contribution in [1.82, 2.24) is 0 Å². The Kier molecular flexibility index (Phi) is 7.69. The molecule has 0 spiro atoms. The summed E-state index contributed by atoms with van der Waals surface area (Å²) in [6.45, 7) is 13.6. The van der Waals surface area contributed by atoms with Crippen molar-refractivity contribution in [2.45, 2.75) is 104 Å². The zero-order valence-electron chi connectivity index (χ0n) is 19.6. The summed E-state index contributed by atoms with van der Waals surface area (Å²) in [5, 5.41) is 30.1. The second kappa shape index (κ2) is 9.71. The first-order valence-electron chi connectivity index (χ1n) is 12.3. The van der Waals surface area contributed by atoms with Gasteiger partial charge in [0.05, 0.1) is 6.10 Å². The van der Waals surface area contributed by atoms with Crippen molar-refractivity contribution in [3.05, 3.63) is 35.5 Å². The molecule has 0 bridgehead atoms. The molecule has 3 saturated carbocycles. The quantitative estimate of drug-likeness (QED) is 0.531. The van der Waals surface area contributed by atoms with Crippen molar-refractivity contribution >= 4 is 0 Å². The number of rotatable bonds is 6. The van der Waals surface area contributed by atoms with Crippen molar-refractivity contribution < 1.29 is 15.3 Å². The molecule has 3 N–H and O–H groups in total. The zero-order chi connectivity index (χ0) is 22.1. The van der Waals surface area contributed by atoms with Crippen LogP contribution < -0.4 is 0 Å². The van der Waals surface area contributed by atoms with Gasteiger partial charge in [0.2, 0.25) is 0 Å². The van der Waals surface area contributed by atoms with Crippen LogP contribution in [-0.4, -0.2) is 33.6 Å². The minimum atomic E-state index is -1.13. The van der Waals surface area contributed by atoms with Crippen LogP contribution in [0.15, 0.2) is 35.5 Å². The molecular weight excluding hydrogens is 372 g/mol. The van der Waals surface area contributed by atoms with Crippen LogP contribution in [0.2, 0.25) is 0 Å². The van der Waals surface area contributed by atoms with Crippen LogP contribution in [-0.2, 0) is 0 Å². The lowest BCUT2D eigenvalue weighted by atomic mass is 9.60. The van der Waals surface area contributed by atoms with Gasteiger partial charge in [-0.25, -0.2) is 0 Å². The van der Waals surface area contributed by atoms with E-state index in [1.54, 1.807) is 0 Å². The minimum absolute atomic E-state index is 0.359. The van der Waals surface area contributed by atoms with E-state index in [1.807, 2.05) is 0 Å². The van der Waals surface area contributed by atoms with Crippen LogP contribution in [0, 0.1) is 29.1 Å². The van der Waals surface area contributed by atoms with Gasteiger partial charge in [-0.3, -0.25) is 0 Å². The fraction of sp³-hybridized carbons (Fsp3) is 0.778. The first-order chi connectivity index (χ1) is 14.1. The maximum atomic E-state index is 10.1. The fourth-order valence-corrected chi connectivity index (χ4v) is 6.73. The SMILES string of the molecule is C=C1/C(=C\C=C2CCC[C@@]3(C)C2CC[C@@H]3[C@H](C)CCCC(C)C)C[C@@H](O)[C@@H](O)[C@H]1O. The highest BCUT2D eigenvalue weighted by Crippen LogP contribution is 2.59. The average molecular weight is 417 g/mol. The van der Waals surface area contributed by atoms with Crippen LogP contribution >= 0.6 is 0 Å². The van der Waals surface area contributed by atoms with Crippen LogP contribution in [0.4, 0.5) is 0 Å². The van der Waals surface area contributed by atoms with Crippen molar-refractivity contribution in [3.8, 4) is 0 Å². The summed E-state index contributed by atoms with van der Waals surface area (Å²) in [6, 6.07) is 0. The molecule has 30 heavy (non-hydrogen) atoms. The van der Waals surface area contributed by atoms with Gasteiger partial charge in [0.15, 0.2) is 0 Å². The van der Waals surface area contributed by atoms with Gasteiger partial charge in [0, 0.05) is 6.42 Å². The molecule has 3 nitrogen and oxygen atoms in total. The maximum absolute atomic E-state index is 10.1. The lowest BCUT2D eigenvalue weighted by molar-refractivity contribution is -0.0530. The molecule has 3 heteroatoms. The van der Waals surface area contributed by atoms with E-state index in [9.17, 15) is 15.3 Å². The number of allylic oxidation sites excluding steroid dienone is 3. The monoisotopic (exact) mass is 416 g/mol. The van der Waals surface area contributed by atoms with E-state index >= 15 is 0 Å². The molecule has 0 heterocycles. The number of hydrogen-bond donors (Lipinski definition) is 3. The van der Waals surface area contributed by atoms with E-state index in [0.29, 0.717) is 23.3 Å². The Morgan fingerprint density at radius 3 is 2.53 bits per heavy atom. The first-order valence-corrected chi connectivity index (χ1v) is 12.3. The zero-order valence-corrected chi connectivity index (χ0v) is 19.6. The smallest absolute Gasteiger partial charge is 0.110 e. The Balaban J connectivity index is 1.72. The number of aliphatic hydroxyl groups excluding tert-OH is 3. The van der Waals surface area contributed by atoms with Gasteiger partial charge in [-0.1, -0.05) is 71.3 Å². The highest BCUT2D eigenvalue weighted by atomic mass is 16.4. The molecule has 170 valence electrons. The standard InChI is InChI=1S/C27H44O3/c1-17(2)8-6-9-18(3)22-13-14-23-20(10-7-15-27(22,23)5)11-12-21-16-24(28)26(30)25(29)19(21)4/h11-12,17-18,22-26,28-30H,4,6-10,13-16H2,1-3,5H3/b20-11?,21-12-/t18-,22-,23?,24-,25+,26-,27-/m1/s1. The summed E-state index contributed by atoms with van der Waals surface area (Å²) in [4.78, 5) is 0. The highest BCUT2D eigenvalue weighted by molar-refractivity contribution is 5.40. The normalized spacial score (nSPS) is 40.9. The largest absolute Gasteiger partial charge is 0.390 e. The highest BCUT2D eigenvalue weighted by Gasteiger charge is 2.50. The summed E-state index contributed by atoms with van der Waals surface area (Å²) in [6.07, 6.45) is 12.0. The molecule has 0 saturated heterocycles. The van der Waals surface area contributed by atoms with E-state index < -0.39 is 18.3 Å². The van der Waals surface area contributed by atoms with Gasteiger partial charge < -0.3 is 15.3 Å². The molecule has 0 aromatic carbocycles. The fourth-order valence-electron chi connectivity index (χ4n) is 6.73. The van der Waals surface area contributed by atoms with Crippen molar-refractivity contribution in [2.24, 2.45) is 29.1 Å². The maximum Gasteiger partial charge on any atom is 0.110 e. The number of aliphatic hydroxyl groups is 3. The van der Waals surface area contributed by atoms with Gasteiger partial charge in [0.1, 0.15) is 12.2 Å². The van der Waals surface area contributed by atoms with Crippen LogP contribution in [0.5, 0.6) is 0 Å². The second-order valence-electron chi connectivity index (χ2n) is 11.1. The van der Waals surface area contributed by atoms with Gasteiger partial charge in [-0.15, -0.1) is 0 Å². The number of fused-ring (bicyclic) bond motifs is 1. The van der Waals surface area contributed by atoms with Crippen LogP contribution in [0.3, 0.4) is 0 Å². The second-order valence-corrected chi connectivity index (χ2v) is 11.1. The average Bonchev–Trinajstić information content (AvgIpc) is 3.05. The lowest BCUT2D eigenvalue weighted by Gasteiger charge is -2.44. The van der Waals surface area contributed by atoms with E-state index in [0.717, 1.165) is 29.7 Å². The van der Waals surface area contributed by atoms with Gasteiger partial charge in [-0.2, -0.15) is 0 Å². The molecule has 3 fully saturated rings. The summed E-state index contributed by atoms with van der Waals surface area (Å²) in [7, 11) is 0. The Morgan fingerprint density at radius 1 is 1.10 bits per heavy atom. The van der Waals surface area contributed by atoms with Gasteiger partial charge in [-0.05, 0) is 72.3 Å². The molecule has 3 aliphatic carbocycles. The summed E-state index contributed by atoms with van der Waals surface area (Å²) >= 11 is 0.